The number of morpholine rings is 1. The van der Waals surface area contributed by atoms with Gasteiger partial charge in [-0.15, -0.1) is 0 Å². The molecule has 1 amide bonds. The van der Waals surface area contributed by atoms with E-state index < -0.39 is 0 Å². The zero-order chi connectivity index (χ0) is 13.2. The van der Waals surface area contributed by atoms with Gasteiger partial charge in [0.05, 0.1) is 13.2 Å². The highest BCUT2D eigenvalue weighted by Crippen LogP contribution is 2.22. The SMILES string of the molecule is NC1Cc2ccc(C(=O)NN3CCOCC3)cc2C1. The quantitative estimate of drug-likeness (QED) is 0.792. The average Bonchev–Trinajstić information content (AvgIpc) is 2.78. The maximum Gasteiger partial charge on any atom is 0.265 e. The lowest BCUT2D eigenvalue weighted by Gasteiger charge is -2.27. The van der Waals surface area contributed by atoms with Crippen molar-refractivity contribution >= 4 is 5.91 Å². The third kappa shape index (κ3) is 2.78. The highest BCUT2D eigenvalue weighted by molar-refractivity contribution is 5.94. The van der Waals surface area contributed by atoms with E-state index in [0.29, 0.717) is 18.8 Å². The van der Waals surface area contributed by atoms with Gasteiger partial charge in [0.25, 0.3) is 5.91 Å². The maximum atomic E-state index is 12.2. The fourth-order valence-corrected chi connectivity index (χ4v) is 2.68. The smallest absolute Gasteiger partial charge is 0.265 e. The minimum Gasteiger partial charge on any atom is -0.379 e. The second-order valence-electron chi connectivity index (χ2n) is 5.19. The van der Waals surface area contributed by atoms with Gasteiger partial charge in [0.2, 0.25) is 0 Å². The summed E-state index contributed by atoms with van der Waals surface area (Å²) in [6, 6.07) is 6.08. The number of hydrogen-bond donors (Lipinski definition) is 2. The normalized spacial score (nSPS) is 23.1. The molecule has 2 aliphatic rings. The molecule has 1 unspecified atom stereocenters. The van der Waals surface area contributed by atoms with Crippen LogP contribution < -0.4 is 11.2 Å². The molecule has 3 rings (SSSR count). The van der Waals surface area contributed by atoms with E-state index in [9.17, 15) is 4.79 Å². The summed E-state index contributed by atoms with van der Waals surface area (Å²) in [4.78, 5) is 12.2. The van der Waals surface area contributed by atoms with Gasteiger partial charge < -0.3 is 10.5 Å². The second kappa shape index (κ2) is 5.28. The minimum absolute atomic E-state index is 0.0508. The van der Waals surface area contributed by atoms with Gasteiger partial charge in [0, 0.05) is 24.7 Å². The topological polar surface area (TPSA) is 67.6 Å². The molecule has 0 radical (unpaired) electrons. The van der Waals surface area contributed by atoms with Crippen molar-refractivity contribution in [3.63, 3.8) is 0 Å². The van der Waals surface area contributed by atoms with Crippen molar-refractivity contribution in [1.29, 1.82) is 0 Å². The lowest BCUT2D eigenvalue weighted by atomic mass is 10.1. The molecular formula is C14H19N3O2. The zero-order valence-corrected chi connectivity index (χ0v) is 10.9. The molecule has 3 N–H and O–H groups in total. The highest BCUT2D eigenvalue weighted by atomic mass is 16.5. The molecule has 19 heavy (non-hydrogen) atoms. The van der Waals surface area contributed by atoms with Crippen LogP contribution in [0, 0.1) is 0 Å². The number of rotatable bonds is 2. The van der Waals surface area contributed by atoms with Crippen molar-refractivity contribution in [2.45, 2.75) is 18.9 Å². The Labute approximate surface area is 112 Å². The van der Waals surface area contributed by atoms with Crippen molar-refractivity contribution in [3.8, 4) is 0 Å². The van der Waals surface area contributed by atoms with E-state index in [1.807, 2.05) is 23.2 Å². The first kappa shape index (κ1) is 12.6. The molecule has 5 heteroatoms. The first-order valence-electron chi connectivity index (χ1n) is 6.73. The minimum atomic E-state index is -0.0508. The fourth-order valence-electron chi connectivity index (χ4n) is 2.68. The van der Waals surface area contributed by atoms with Gasteiger partial charge in [-0.05, 0) is 36.1 Å². The van der Waals surface area contributed by atoms with Crippen LogP contribution in [0.3, 0.4) is 0 Å². The van der Waals surface area contributed by atoms with E-state index in [1.54, 1.807) is 0 Å². The van der Waals surface area contributed by atoms with Gasteiger partial charge in [-0.2, -0.15) is 0 Å². The van der Waals surface area contributed by atoms with Crippen LogP contribution in [0.25, 0.3) is 0 Å². The largest absolute Gasteiger partial charge is 0.379 e. The third-order valence-corrected chi connectivity index (χ3v) is 3.70. The van der Waals surface area contributed by atoms with Gasteiger partial charge >= 0.3 is 0 Å². The van der Waals surface area contributed by atoms with Crippen LogP contribution in [0.1, 0.15) is 21.5 Å². The molecule has 1 saturated heterocycles. The number of fused-ring (bicyclic) bond motifs is 1. The Balaban J connectivity index is 1.68. The summed E-state index contributed by atoms with van der Waals surface area (Å²) < 4.78 is 5.25. The van der Waals surface area contributed by atoms with E-state index in [4.69, 9.17) is 10.5 Å². The summed E-state index contributed by atoms with van der Waals surface area (Å²) in [6.07, 6.45) is 1.79. The Morgan fingerprint density at radius 1 is 1.26 bits per heavy atom. The van der Waals surface area contributed by atoms with Crippen LogP contribution in [0.15, 0.2) is 18.2 Å². The molecule has 1 heterocycles. The van der Waals surface area contributed by atoms with Crippen molar-refractivity contribution in [1.82, 2.24) is 10.4 Å². The third-order valence-electron chi connectivity index (χ3n) is 3.70. The molecule has 0 bridgehead atoms. The molecule has 0 saturated carbocycles. The number of nitrogens with one attached hydrogen (secondary N) is 1. The van der Waals surface area contributed by atoms with Crippen LogP contribution in [0.4, 0.5) is 0 Å². The van der Waals surface area contributed by atoms with E-state index in [0.717, 1.165) is 25.9 Å². The number of amides is 1. The molecule has 1 aliphatic heterocycles. The predicted molar refractivity (Wildman–Crippen MR) is 71.7 cm³/mol. The standard InChI is InChI=1S/C14H19N3O2/c15-13-8-10-1-2-11(7-12(10)9-13)14(18)16-17-3-5-19-6-4-17/h1-2,7,13H,3-6,8-9,15H2,(H,16,18). The number of hydrogen-bond acceptors (Lipinski definition) is 4. The number of carbonyl (C=O) groups excluding carboxylic acids is 1. The lowest BCUT2D eigenvalue weighted by molar-refractivity contribution is 0.0126. The second-order valence-corrected chi connectivity index (χ2v) is 5.19. The zero-order valence-electron chi connectivity index (χ0n) is 10.9. The maximum absolute atomic E-state index is 12.2. The van der Waals surface area contributed by atoms with Crippen LogP contribution in [0.2, 0.25) is 0 Å². The summed E-state index contributed by atoms with van der Waals surface area (Å²) in [7, 11) is 0. The number of hydrazine groups is 1. The molecule has 0 spiro atoms. The molecule has 1 aromatic rings. The van der Waals surface area contributed by atoms with Crippen LogP contribution in [-0.4, -0.2) is 43.3 Å². The number of ether oxygens (including phenoxy) is 1. The number of nitrogens with zero attached hydrogens (tertiary/aromatic N) is 1. The van der Waals surface area contributed by atoms with Crippen LogP contribution >= 0.6 is 0 Å². The predicted octanol–water partition coefficient (Wildman–Crippen LogP) is 0.0895. The number of carbonyl (C=O) groups is 1. The molecule has 1 aromatic carbocycles. The van der Waals surface area contributed by atoms with E-state index in [2.05, 4.69) is 5.43 Å². The van der Waals surface area contributed by atoms with E-state index in [1.165, 1.54) is 11.1 Å². The number of nitrogens with two attached hydrogens (primary N) is 1. The van der Waals surface area contributed by atoms with Gasteiger partial charge in [0.15, 0.2) is 0 Å². The van der Waals surface area contributed by atoms with Gasteiger partial charge in [-0.25, -0.2) is 5.01 Å². The van der Waals surface area contributed by atoms with Crippen molar-refractivity contribution < 1.29 is 9.53 Å². The average molecular weight is 261 g/mol. The Morgan fingerprint density at radius 3 is 2.79 bits per heavy atom. The van der Waals surface area contributed by atoms with Gasteiger partial charge in [-0.3, -0.25) is 10.2 Å². The molecule has 1 fully saturated rings. The summed E-state index contributed by atoms with van der Waals surface area (Å²) in [5.74, 6) is -0.0508. The molecule has 1 aliphatic carbocycles. The van der Waals surface area contributed by atoms with Crippen molar-refractivity contribution in [3.05, 3.63) is 34.9 Å². The Kier molecular flexibility index (Phi) is 3.50. The Bertz CT molecular complexity index is 484. The summed E-state index contributed by atoms with van der Waals surface area (Å²) in [5.41, 5.74) is 12.1. The molecule has 102 valence electrons. The van der Waals surface area contributed by atoms with Crippen LogP contribution in [0.5, 0.6) is 0 Å². The summed E-state index contributed by atoms with van der Waals surface area (Å²) in [6.45, 7) is 2.81. The molecular weight excluding hydrogens is 242 g/mol. The first-order valence-corrected chi connectivity index (χ1v) is 6.73. The Morgan fingerprint density at radius 2 is 2.00 bits per heavy atom. The number of benzene rings is 1. The van der Waals surface area contributed by atoms with Crippen LogP contribution in [-0.2, 0) is 17.6 Å². The van der Waals surface area contributed by atoms with Crippen molar-refractivity contribution in [2.75, 3.05) is 26.3 Å². The van der Waals surface area contributed by atoms with Gasteiger partial charge in [-0.1, -0.05) is 6.07 Å². The fraction of sp³-hybridized carbons (Fsp3) is 0.500. The van der Waals surface area contributed by atoms with Crippen molar-refractivity contribution in [2.24, 2.45) is 5.73 Å². The molecule has 1 atom stereocenters. The lowest BCUT2D eigenvalue weighted by Crippen LogP contribution is -2.48. The first-order chi connectivity index (χ1) is 9.22. The monoisotopic (exact) mass is 261 g/mol. The van der Waals surface area contributed by atoms with Gasteiger partial charge in [0.1, 0.15) is 0 Å². The Hall–Kier alpha value is -1.43. The summed E-state index contributed by atoms with van der Waals surface area (Å²) in [5, 5.41) is 1.91. The summed E-state index contributed by atoms with van der Waals surface area (Å²) >= 11 is 0. The van der Waals surface area contributed by atoms with E-state index in [-0.39, 0.29) is 11.9 Å². The molecule has 5 nitrogen and oxygen atoms in total. The molecule has 0 aromatic heterocycles. The highest BCUT2D eigenvalue weighted by Gasteiger charge is 2.20. The van der Waals surface area contributed by atoms with E-state index >= 15 is 0 Å².